The summed E-state index contributed by atoms with van der Waals surface area (Å²) in [6.45, 7) is 0. The molecule has 0 fully saturated rings. The van der Waals surface area contributed by atoms with Crippen LogP contribution in [0.2, 0.25) is 0 Å². The van der Waals surface area contributed by atoms with Crippen LogP contribution < -0.4 is 4.34 Å². The minimum Gasteiger partial charge on any atom is -0.276 e. The first-order valence-corrected chi connectivity index (χ1v) is 1.37. The number of carbonyl (C=O) groups excluding carboxylic acids is 1. The monoisotopic (exact) mass is 122 g/mol. The molecule has 0 saturated carbocycles. The van der Waals surface area contributed by atoms with Gasteiger partial charge >= 0.3 is 0 Å². The summed E-state index contributed by atoms with van der Waals surface area (Å²) < 4.78 is 2.87. The highest BCUT2D eigenvalue weighted by molar-refractivity contribution is 9.08. The molecule has 0 heterocycles. The molecule has 0 aromatic heterocycles. The van der Waals surface area contributed by atoms with Gasteiger partial charge in [-0.3, -0.25) is 4.79 Å². The van der Waals surface area contributed by atoms with Crippen molar-refractivity contribution in [1.29, 1.82) is 0 Å². The van der Waals surface area contributed by atoms with Gasteiger partial charge in [-0.1, -0.05) is 0 Å². The standard InChI is InChI=1S/CHBrNO/c2-3-1-4/h1H. The number of hydrogen-bond acceptors (Lipinski definition) is 1. The van der Waals surface area contributed by atoms with Gasteiger partial charge in [0.2, 0.25) is 6.41 Å². The van der Waals surface area contributed by atoms with Crippen LogP contribution in [0.4, 0.5) is 0 Å². The van der Waals surface area contributed by atoms with E-state index in [4.69, 9.17) is 4.79 Å². The number of halogens is 1. The van der Waals surface area contributed by atoms with Crippen molar-refractivity contribution >= 4 is 22.6 Å². The Morgan fingerprint density at radius 1 is 2.00 bits per heavy atom. The number of carbonyl (C=O) groups is 1. The van der Waals surface area contributed by atoms with Crippen LogP contribution in [0.1, 0.15) is 0 Å². The summed E-state index contributed by atoms with van der Waals surface area (Å²) in [6.07, 6.45) is 0.417. The Bertz CT molecular complexity index is 22.0. The molecule has 0 unspecified atom stereocenters. The Morgan fingerprint density at radius 3 is 2.25 bits per heavy atom. The van der Waals surface area contributed by atoms with Crippen LogP contribution in [0, 0.1) is 0 Å². The topological polar surface area (TPSA) is 31.2 Å². The molecule has 4 heavy (non-hydrogen) atoms. The van der Waals surface area contributed by atoms with E-state index in [9.17, 15) is 0 Å². The second kappa shape index (κ2) is 2.95. The van der Waals surface area contributed by atoms with E-state index in [1.165, 1.54) is 0 Å². The van der Waals surface area contributed by atoms with E-state index in [-0.39, 0.29) is 0 Å². The van der Waals surface area contributed by atoms with Gasteiger partial charge in [0.25, 0.3) is 0 Å². The Kier molecular flexibility index (Phi) is 2.91. The van der Waals surface area contributed by atoms with Crippen molar-refractivity contribution in [3.8, 4) is 0 Å². The smallest absolute Gasteiger partial charge is 0.239 e. The van der Waals surface area contributed by atoms with Gasteiger partial charge in [-0.25, -0.2) is 0 Å². The molecule has 0 aliphatic carbocycles. The summed E-state index contributed by atoms with van der Waals surface area (Å²) in [5.41, 5.74) is 0. The molecule has 0 rings (SSSR count). The SMILES string of the molecule is O=C[N]Br. The molecule has 3 heteroatoms. The van der Waals surface area contributed by atoms with E-state index in [0.717, 1.165) is 0 Å². The molecule has 0 aromatic carbocycles. The Morgan fingerprint density at radius 2 is 2.25 bits per heavy atom. The van der Waals surface area contributed by atoms with E-state index in [0.29, 0.717) is 6.41 Å². The van der Waals surface area contributed by atoms with Gasteiger partial charge < -0.3 is 0 Å². The fourth-order valence-electron chi connectivity index (χ4n) is 0. The van der Waals surface area contributed by atoms with E-state index in [1.54, 1.807) is 0 Å². The van der Waals surface area contributed by atoms with E-state index in [1.807, 2.05) is 0 Å². The summed E-state index contributed by atoms with van der Waals surface area (Å²) >= 11 is 2.51. The molecule has 0 spiro atoms. The molecular weight excluding hydrogens is 122 g/mol. The van der Waals surface area contributed by atoms with Crippen molar-refractivity contribution in [2.24, 2.45) is 0 Å². The molecule has 0 bridgehead atoms. The first-order chi connectivity index (χ1) is 1.91. The molecular formula is CHBrNO. The molecule has 0 aromatic rings. The predicted octanol–water partition coefficient (Wildman–Crippen LogP) is 0.0571. The highest BCUT2D eigenvalue weighted by atomic mass is 79.9. The maximum atomic E-state index is 8.96. The normalized spacial score (nSPS) is 5.25. The summed E-state index contributed by atoms with van der Waals surface area (Å²) in [5.74, 6) is 0. The zero-order valence-electron chi connectivity index (χ0n) is 1.81. The van der Waals surface area contributed by atoms with Gasteiger partial charge in [0.05, 0.1) is 16.1 Å². The molecule has 0 N–H and O–H groups in total. The lowest BCUT2D eigenvalue weighted by molar-refractivity contribution is -0.108. The van der Waals surface area contributed by atoms with Gasteiger partial charge in [0.15, 0.2) is 0 Å². The van der Waals surface area contributed by atoms with E-state index >= 15 is 0 Å². The van der Waals surface area contributed by atoms with Crippen LogP contribution in [0.15, 0.2) is 0 Å². The minimum atomic E-state index is 0.417. The van der Waals surface area contributed by atoms with Crippen molar-refractivity contribution in [1.82, 2.24) is 4.34 Å². The average molecular weight is 123 g/mol. The molecule has 0 aliphatic rings. The lowest BCUT2D eigenvalue weighted by atomic mass is 11.5. The Hall–Kier alpha value is -0.0500. The number of hydrogen-bond donors (Lipinski definition) is 0. The van der Waals surface area contributed by atoms with E-state index in [2.05, 4.69) is 20.5 Å². The van der Waals surface area contributed by atoms with E-state index < -0.39 is 0 Å². The van der Waals surface area contributed by atoms with Crippen molar-refractivity contribution in [2.45, 2.75) is 0 Å². The second-order valence-corrected chi connectivity index (χ2v) is 0.613. The van der Waals surface area contributed by atoms with Gasteiger partial charge in [0, 0.05) is 0 Å². The quantitative estimate of drug-likeness (QED) is 0.453. The Balaban J connectivity index is 2.30. The third-order valence-corrected chi connectivity index (χ3v) is 0.207. The Labute approximate surface area is 32.5 Å². The number of rotatable bonds is 1. The maximum Gasteiger partial charge on any atom is 0.239 e. The van der Waals surface area contributed by atoms with Crippen LogP contribution in [-0.2, 0) is 4.79 Å². The summed E-state index contributed by atoms with van der Waals surface area (Å²) in [6, 6.07) is 0. The zero-order chi connectivity index (χ0) is 3.41. The number of nitrogens with zero attached hydrogens (tertiary/aromatic N) is 1. The van der Waals surface area contributed by atoms with Crippen LogP contribution in [0.25, 0.3) is 0 Å². The van der Waals surface area contributed by atoms with Crippen LogP contribution in [0.3, 0.4) is 0 Å². The molecule has 0 aliphatic heterocycles. The zero-order valence-corrected chi connectivity index (χ0v) is 3.40. The van der Waals surface area contributed by atoms with Gasteiger partial charge in [-0.2, -0.15) is 4.34 Å². The first kappa shape index (κ1) is 3.95. The van der Waals surface area contributed by atoms with Crippen molar-refractivity contribution < 1.29 is 4.79 Å². The number of amides is 1. The first-order valence-electron chi connectivity index (χ1n) is 0.663. The summed E-state index contributed by atoms with van der Waals surface area (Å²) in [7, 11) is 0. The molecule has 23 valence electrons. The maximum absolute atomic E-state index is 8.96. The molecule has 1 amide bonds. The van der Waals surface area contributed by atoms with Gasteiger partial charge in [0.1, 0.15) is 0 Å². The largest absolute Gasteiger partial charge is 0.276 e. The van der Waals surface area contributed by atoms with Crippen molar-refractivity contribution in [3.05, 3.63) is 0 Å². The summed E-state index contributed by atoms with van der Waals surface area (Å²) in [5, 5.41) is 0. The lowest BCUT2D eigenvalue weighted by Crippen LogP contribution is -1.74. The molecule has 0 atom stereocenters. The molecule has 0 saturated heterocycles. The second-order valence-electron chi connectivity index (χ2n) is 0.203. The van der Waals surface area contributed by atoms with Crippen molar-refractivity contribution in [3.63, 3.8) is 0 Å². The minimum absolute atomic E-state index is 0.417. The van der Waals surface area contributed by atoms with Crippen LogP contribution in [0.5, 0.6) is 0 Å². The fraction of sp³-hybridized carbons (Fsp3) is 0. The highest BCUT2D eigenvalue weighted by Crippen LogP contribution is 1.56. The van der Waals surface area contributed by atoms with Crippen molar-refractivity contribution in [2.75, 3.05) is 0 Å². The van der Waals surface area contributed by atoms with Gasteiger partial charge in [-0.15, -0.1) is 0 Å². The van der Waals surface area contributed by atoms with Crippen LogP contribution >= 0.6 is 16.1 Å². The lowest BCUT2D eigenvalue weighted by Gasteiger charge is -1.53. The fourth-order valence-corrected chi connectivity index (χ4v) is 0. The third kappa shape index (κ3) is 1.95. The van der Waals surface area contributed by atoms with Gasteiger partial charge in [-0.05, 0) is 0 Å². The molecule has 2 nitrogen and oxygen atoms in total. The van der Waals surface area contributed by atoms with Crippen LogP contribution in [-0.4, -0.2) is 6.41 Å². The third-order valence-electron chi connectivity index (χ3n) is 0.0398. The highest BCUT2D eigenvalue weighted by Gasteiger charge is 1.52. The summed E-state index contributed by atoms with van der Waals surface area (Å²) in [4.78, 5) is 8.96. The molecule has 1 radical (unpaired) electrons. The predicted molar refractivity (Wildman–Crippen MR) is 17.1 cm³/mol. The average Bonchev–Trinajstić information content (AvgIpc) is 1.37.